The lowest BCUT2D eigenvalue weighted by Crippen LogP contribution is -2.42. The van der Waals surface area contributed by atoms with Crippen molar-refractivity contribution in [1.82, 2.24) is 10.9 Å². The summed E-state index contributed by atoms with van der Waals surface area (Å²) in [5, 5.41) is 3.04. The van der Waals surface area contributed by atoms with Crippen molar-refractivity contribution < 1.29 is 19.1 Å². The zero-order valence-corrected chi connectivity index (χ0v) is 18.1. The van der Waals surface area contributed by atoms with E-state index in [9.17, 15) is 14.4 Å². The Kier molecular flexibility index (Phi) is 8.95. The second-order valence-electron chi connectivity index (χ2n) is 6.02. The van der Waals surface area contributed by atoms with Gasteiger partial charge in [0.25, 0.3) is 5.91 Å². The van der Waals surface area contributed by atoms with Gasteiger partial charge in [-0.1, -0.05) is 46.6 Å². The smallest absolute Gasteiger partial charge is 0.273 e. The zero-order chi connectivity index (χ0) is 21.2. The van der Waals surface area contributed by atoms with E-state index in [2.05, 4.69) is 32.1 Å². The van der Waals surface area contributed by atoms with Crippen molar-refractivity contribution in [3.8, 4) is 5.75 Å². The summed E-state index contributed by atoms with van der Waals surface area (Å²) in [4.78, 5) is 36.3. The van der Waals surface area contributed by atoms with Crippen LogP contribution in [0.25, 0.3) is 0 Å². The van der Waals surface area contributed by atoms with Crippen LogP contribution in [-0.2, 0) is 9.59 Å². The van der Waals surface area contributed by atoms with Gasteiger partial charge in [0.1, 0.15) is 5.75 Å². The molecule has 0 saturated heterocycles. The molecule has 0 fully saturated rings. The standard InChI is InChI=1S/C20H21BrClN3O4/c1-2-11-29-17-8-7-13(21)12-14(17)20(28)25-24-19(27)10-9-18(26)23-16-6-4-3-5-15(16)22/h3-8,12H,2,9-11H2,1H3,(H,23,26)(H,24,27)(H,25,28). The lowest BCUT2D eigenvalue weighted by Gasteiger charge is -2.12. The third-order valence-corrected chi connectivity index (χ3v) is 4.51. The summed E-state index contributed by atoms with van der Waals surface area (Å²) in [6, 6.07) is 11.8. The molecule has 0 bridgehead atoms. The van der Waals surface area contributed by atoms with E-state index in [4.69, 9.17) is 16.3 Å². The number of hydrogen-bond acceptors (Lipinski definition) is 4. The summed E-state index contributed by atoms with van der Waals surface area (Å²) in [5.74, 6) is -0.965. The van der Waals surface area contributed by atoms with Crippen LogP contribution in [0.15, 0.2) is 46.9 Å². The molecule has 7 nitrogen and oxygen atoms in total. The molecule has 0 aliphatic carbocycles. The predicted octanol–water partition coefficient (Wildman–Crippen LogP) is 4.07. The van der Waals surface area contributed by atoms with Crippen LogP contribution in [-0.4, -0.2) is 24.3 Å². The van der Waals surface area contributed by atoms with Gasteiger partial charge in [0.05, 0.1) is 22.9 Å². The second-order valence-corrected chi connectivity index (χ2v) is 7.34. The van der Waals surface area contributed by atoms with Crippen LogP contribution in [0.2, 0.25) is 5.02 Å². The van der Waals surface area contributed by atoms with Crippen molar-refractivity contribution >= 4 is 50.9 Å². The molecule has 0 spiro atoms. The van der Waals surface area contributed by atoms with Crippen molar-refractivity contribution in [2.24, 2.45) is 0 Å². The highest BCUT2D eigenvalue weighted by Crippen LogP contribution is 2.23. The molecule has 0 aliphatic rings. The highest BCUT2D eigenvalue weighted by atomic mass is 79.9. The number of para-hydroxylation sites is 1. The minimum atomic E-state index is -0.522. The summed E-state index contributed by atoms with van der Waals surface area (Å²) in [6.45, 7) is 2.43. The molecule has 0 atom stereocenters. The maximum absolute atomic E-state index is 12.4. The van der Waals surface area contributed by atoms with E-state index in [1.54, 1.807) is 42.5 Å². The first kappa shape index (κ1) is 22.7. The van der Waals surface area contributed by atoms with E-state index in [-0.39, 0.29) is 24.3 Å². The molecule has 2 aromatic rings. The molecule has 2 rings (SSSR count). The van der Waals surface area contributed by atoms with Crippen molar-refractivity contribution in [3.63, 3.8) is 0 Å². The fourth-order valence-corrected chi connectivity index (χ4v) is 2.82. The maximum atomic E-state index is 12.4. The predicted molar refractivity (Wildman–Crippen MR) is 115 cm³/mol. The number of carbonyl (C=O) groups is 3. The molecule has 0 heterocycles. The average Bonchev–Trinajstić information content (AvgIpc) is 2.71. The molecular weight excluding hydrogens is 462 g/mol. The highest BCUT2D eigenvalue weighted by Gasteiger charge is 2.15. The van der Waals surface area contributed by atoms with Gasteiger partial charge in [-0.05, 0) is 36.8 Å². The van der Waals surface area contributed by atoms with E-state index < -0.39 is 11.8 Å². The molecular formula is C20H21BrClN3O4. The van der Waals surface area contributed by atoms with Gasteiger partial charge >= 0.3 is 0 Å². The van der Waals surface area contributed by atoms with Crippen LogP contribution >= 0.6 is 27.5 Å². The van der Waals surface area contributed by atoms with Crippen LogP contribution < -0.4 is 20.9 Å². The Hall–Kier alpha value is -2.58. The first-order chi connectivity index (χ1) is 13.9. The van der Waals surface area contributed by atoms with Crippen LogP contribution in [0.5, 0.6) is 5.75 Å². The van der Waals surface area contributed by atoms with Gasteiger partial charge in [0.2, 0.25) is 11.8 Å². The first-order valence-electron chi connectivity index (χ1n) is 8.96. The Bertz CT molecular complexity index is 892. The van der Waals surface area contributed by atoms with E-state index in [1.165, 1.54) is 0 Å². The van der Waals surface area contributed by atoms with E-state index in [1.807, 2.05) is 6.92 Å². The highest BCUT2D eigenvalue weighted by molar-refractivity contribution is 9.10. The molecule has 9 heteroatoms. The third kappa shape index (κ3) is 7.40. The van der Waals surface area contributed by atoms with E-state index in [0.29, 0.717) is 27.5 Å². The van der Waals surface area contributed by atoms with Crippen LogP contribution in [0.4, 0.5) is 5.69 Å². The number of nitrogens with one attached hydrogen (secondary N) is 3. The fourth-order valence-electron chi connectivity index (χ4n) is 2.28. The van der Waals surface area contributed by atoms with Crippen LogP contribution in [0, 0.1) is 0 Å². The lowest BCUT2D eigenvalue weighted by molar-refractivity contribution is -0.124. The second kappa shape index (κ2) is 11.4. The molecule has 0 aliphatic heterocycles. The van der Waals surface area contributed by atoms with Gasteiger partial charge < -0.3 is 10.1 Å². The van der Waals surface area contributed by atoms with Crippen molar-refractivity contribution in [2.75, 3.05) is 11.9 Å². The summed E-state index contributed by atoms with van der Waals surface area (Å²) in [5.41, 5.74) is 5.39. The number of hydrazine groups is 1. The van der Waals surface area contributed by atoms with Crippen molar-refractivity contribution in [2.45, 2.75) is 26.2 Å². The number of hydrogen-bond donors (Lipinski definition) is 3. The summed E-state index contributed by atoms with van der Waals surface area (Å²) >= 11 is 9.28. The number of amides is 3. The molecule has 0 unspecified atom stereocenters. The number of halogens is 2. The Morgan fingerprint density at radius 1 is 1.03 bits per heavy atom. The molecule has 154 valence electrons. The minimum Gasteiger partial charge on any atom is -0.493 e. The molecule has 0 saturated carbocycles. The number of rotatable bonds is 8. The number of anilines is 1. The minimum absolute atomic E-state index is 0.0608. The van der Waals surface area contributed by atoms with Gasteiger partial charge in [-0.15, -0.1) is 0 Å². The Morgan fingerprint density at radius 3 is 2.48 bits per heavy atom. The van der Waals surface area contributed by atoms with Gasteiger partial charge in [0.15, 0.2) is 0 Å². The number of benzene rings is 2. The Labute approximate surface area is 182 Å². The number of carbonyl (C=O) groups excluding carboxylic acids is 3. The monoisotopic (exact) mass is 481 g/mol. The average molecular weight is 483 g/mol. The molecule has 3 N–H and O–H groups in total. The molecule has 2 aromatic carbocycles. The SMILES string of the molecule is CCCOc1ccc(Br)cc1C(=O)NNC(=O)CCC(=O)Nc1ccccc1Cl. The van der Waals surface area contributed by atoms with E-state index in [0.717, 1.165) is 6.42 Å². The lowest BCUT2D eigenvalue weighted by atomic mass is 10.2. The normalized spacial score (nSPS) is 10.2. The summed E-state index contributed by atoms with van der Waals surface area (Å²) in [6.07, 6.45) is 0.632. The summed E-state index contributed by atoms with van der Waals surface area (Å²) in [7, 11) is 0. The number of ether oxygens (including phenoxy) is 1. The molecule has 29 heavy (non-hydrogen) atoms. The van der Waals surface area contributed by atoms with Gasteiger partial charge in [-0.3, -0.25) is 25.2 Å². The van der Waals surface area contributed by atoms with Crippen LogP contribution in [0.1, 0.15) is 36.5 Å². The van der Waals surface area contributed by atoms with Gasteiger partial charge in [0, 0.05) is 17.3 Å². The maximum Gasteiger partial charge on any atom is 0.273 e. The van der Waals surface area contributed by atoms with Gasteiger partial charge in [-0.2, -0.15) is 0 Å². The van der Waals surface area contributed by atoms with E-state index >= 15 is 0 Å². The third-order valence-electron chi connectivity index (χ3n) is 3.69. The molecule has 3 amide bonds. The largest absolute Gasteiger partial charge is 0.493 e. The van der Waals surface area contributed by atoms with Crippen molar-refractivity contribution in [1.29, 1.82) is 0 Å². The molecule has 0 aromatic heterocycles. The molecule has 0 radical (unpaired) electrons. The van der Waals surface area contributed by atoms with Gasteiger partial charge in [-0.25, -0.2) is 0 Å². The first-order valence-corrected chi connectivity index (χ1v) is 10.1. The summed E-state index contributed by atoms with van der Waals surface area (Å²) < 4.78 is 6.26. The van der Waals surface area contributed by atoms with Crippen molar-refractivity contribution in [3.05, 3.63) is 57.5 Å². The van der Waals surface area contributed by atoms with Crippen LogP contribution in [0.3, 0.4) is 0 Å². The Morgan fingerprint density at radius 2 is 1.76 bits per heavy atom. The fraction of sp³-hybridized carbons (Fsp3) is 0.250. The zero-order valence-electron chi connectivity index (χ0n) is 15.8. The quantitative estimate of drug-likeness (QED) is 0.494. The topological polar surface area (TPSA) is 96.5 Å². The Balaban J connectivity index is 1.83.